The molecule has 2 aliphatic carbocycles. The molecule has 2 bridgehead atoms. The standard InChI is InChI=1S/C16H23NOS/c1-9-6-15(11(3)19-9)16(18)17-10(2)14-8-12-4-5-13(14)7-12/h6,10,12-14H,4-5,7-8H2,1-3H3,(H,17,18)/t10-,12-,13-,14-/m0/s1. The number of carbonyl (C=O) groups excluding carboxylic acids is 1. The van der Waals surface area contributed by atoms with E-state index in [-0.39, 0.29) is 5.91 Å². The van der Waals surface area contributed by atoms with Gasteiger partial charge in [0, 0.05) is 15.8 Å². The molecule has 2 saturated carbocycles. The Labute approximate surface area is 119 Å². The average molecular weight is 277 g/mol. The molecule has 0 radical (unpaired) electrons. The second-order valence-electron chi connectivity index (χ2n) is 6.43. The Balaban J connectivity index is 1.65. The van der Waals surface area contributed by atoms with Crippen molar-refractivity contribution < 1.29 is 4.79 Å². The number of thiophene rings is 1. The fourth-order valence-corrected chi connectivity index (χ4v) is 5.08. The minimum absolute atomic E-state index is 0.122. The molecule has 1 aromatic rings. The Bertz CT molecular complexity index is 493. The SMILES string of the molecule is Cc1cc(C(=O)N[C@@H](C)[C@@H]2C[C@H]3CC[C@H]2C3)c(C)s1. The molecule has 0 aliphatic heterocycles. The largest absolute Gasteiger partial charge is 0.349 e. The minimum Gasteiger partial charge on any atom is -0.349 e. The first-order valence-corrected chi connectivity index (χ1v) is 8.24. The molecule has 0 spiro atoms. The highest BCUT2D eigenvalue weighted by atomic mass is 32.1. The van der Waals surface area contributed by atoms with Crippen LogP contribution >= 0.6 is 11.3 Å². The van der Waals surface area contributed by atoms with Gasteiger partial charge in [0.2, 0.25) is 0 Å². The van der Waals surface area contributed by atoms with Gasteiger partial charge >= 0.3 is 0 Å². The minimum atomic E-state index is 0.122. The predicted octanol–water partition coefficient (Wildman–Crippen LogP) is 3.92. The summed E-state index contributed by atoms with van der Waals surface area (Å²) in [4.78, 5) is 14.7. The lowest BCUT2D eigenvalue weighted by Gasteiger charge is -2.28. The number of aryl methyl sites for hydroxylation is 2. The van der Waals surface area contributed by atoms with Gasteiger partial charge in [0.25, 0.3) is 5.91 Å². The van der Waals surface area contributed by atoms with Gasteiger partial charge in [0.05, 0.1) is 5.56 Å². The summed E-state index contributed by atoms with van der Waals surface area (Å²) in [7, 11) is 0. The van der Waals surface area contributed by atoms with Crippen LogP contribution in [0.15, 0.2) is 6.07 Å². The van der Waals surface area contributed by atoms with Gasteiger partial charge in [-0.2, -0.15) is 0 Å². The monoisotopic (exact) mass is 277 g/mol. The topological polar surface area (TPSA) is 29.1 Å². The molecule has 2 aliphatic rings. The molecular weight excluding hydrogens is 254 g/mol. The van der Waals surface area contributed by atoms with Crippen molar-refractivity contribution >= 4 is 17.2 Å². The molecule has 0 saturated heterocycles. The maximum atomic E-state index is 12.3. The highest BCUT2D eigenvalue weighted by molar-refractivity contribution is 7.12. The number of hydrogen-bond acceptors (Lipinski definition) is 2. The molecule has 0 aromatic carbocycles. The van der Waals surface area contributed by atoms with Crippen molar-refractivity contribution in [3.63, 3.8) is 0 Å². The van der Waals surface area contributed by atoms with Gasteiger partial charge in [-0.25, -0.2) is 0 Å². The Morgan fingerprint density at radius 2 is 2.16 bits per heavy atom. The summed E-state index contributed by atoms with van der Waals surface area (Å²) in [5, 5.41) is 3.24. The zero-order chi connectivity index (χ0) is 13.6. The van der Waals surface area contributed by atoms with Crippen LogP contribution < -0.4 is 5.32 Å². The van der Waals surface area contributed by atoms with Gasteiger partial charge in [-0.15, -0.1) is 11.3 Å². The van der Waals surface area contributed by atoms with E-state index < -0.39 is 0 Å². The zero-order valence-electron chi connectivity index (χ0n) is 12.0. The van der Waals surface area contributed by atoms with Gasteiger partial charge in [0.15, 0.2) is 0 Å². The van der Waals surface area contributed by atoms with Crippen LogP contribution in [0.3, 0.4) is 0 Å². The summed E-state index contributed by atoms with van der Waals surface area (Å²) >= 11 is 1.71. The van der Waals surface area contributed by atoms with E-state index in [0.29, 0.717) is 12.0 Å². The summed E-state index contributed by atoms with van der Waals surface area (Å²) in [6, 6.07) is 2.34. The van der Waals surface area contributed by atoms with Gasteiger partial charge in [0.1, 0.15) is 0 Å². The van der Waals surface area contributed by atoms with Gasteiger partial charge < -0.3 is 5.32 Å². The first kappa shape index (κ1) is 13.2. The normalized spacial score (nSPS) is 30.6. The van der Waals surface area contributed by atoms with Crippen LogP contribution in [0, 0.1) is 31.6 Å². The molecule has 19 heavy (non-hydrogen) atoms. The first-order chi connectivity index (χ1) is 9.04. The highest BCUT2D eigenvalue weighted by Gasteiger charge is 2.42. The molecule has 1 heterocycles. The number of hydrogen-bond donors (Lipinski definition) is 1. The van der Waals surface area contributed by atoms with E-state index in [1.807, 2.05) is 13.0 Å². The summed E-state index contributed by atoms with van der Waals surface area (Å²) < 4.78 is 0. The third-order valence-electron chi connectivity index (χ3n) is 5.08. The Hall–Kier alpha value is -0.830. The lowest BCUT2D eigenvalue weighted by atomic mass is 9.84. The molecule has 4 atom stereocenters. The van der Waals surface area contributed by atoms with E-state index >= 15 is 0 Å². The van der Waals surface area contributed by atoms with Crippen LogP contribution in [0.25, 0.3) is 0 Å². The van der Waals surface area contributed by atoms with Crippen molar-refractivity contribution in [1.29, 1.82) is 0 Å². The van der Waals surface area contributed by atoms with E-state index in [0.717, 1.165) is 22.3 Å². The van der Waals surface area contributed by atoms with Crippen LogP contribution in [-0.2, 0) is 0 Å². The van der Waals surface area contributed by atoms with Gasteiger partial charge in [-0.3, -0.25) is 4.79 Å². The zero-order valence-corrected chi connectivity index (χ0v) is 12.8. The fourth-order valence-electron chi connectivity index (χ4n) is 4.15. The molecule has 1 amide bonds. The van der Waals surface area contributed by atoms with Crippen molar-refractivity contribution in [2.75, 3.05) is 0 Å². The van der Waals surface area contributed by atoms with E-state index in [4.69, 9.17) is 0 Å². The van der Waals surface area contributed by atoms with Gasteiger partial charge in [-0.1, -0.05) is 6.42 Å². The van der Waals surface area contributed by atoms with E-state index in [1.165, 1.54) is 30.6 Å². The number of carbonyl (C=O) groups is 1. The molecule has 0 unspecified atom stereocenters. The van der Waals surface area contributed by atoms with E-state index in [9.17, 15) is 4.79 Å². The molecule has 2 nitrogen and oxygen atoms in total. The summed E-state index contributed by atoms with van der Waals surface area (Å²) in [5.41, 5.74) is 0.873. The van der Waals surface area contributed by atoms with Crippen molar-refractivity contribution in [3.05, 3.63) is 21.4 Å². The second-order valence-corrected chi connectivity index (χ2v) is 7.89. The van der Waals surface area contributed by atoms with Crippen molar-refractivity contribution in [3.8, 4) is 0 Å². The number of nitrogens with one attached hydrogen (secondary N) is 1. The average Bonchev–Trinajstić information content (AvgIpc) is 3.03. The molecule has 2 fully saturated rings. The molecule has 1 aromatic heterocycles. The first-order valence-electron chi connectivity index (χ1n) is 7.42. The summed E-state index contributed by atoms with van der Waals surface area (Å²) in [5.74, 6) is 2.64. The summed E-state index contributed by atoms with van der Waals surface area (Å²) in [6.07, 6.45) is 5.53. The maximum Gasteiger partial charge on any atom is 0.252 e. The lowest BCUT2D eigenvalue weighted by molar-refractivity contribution is 0.0915. The Morgan fingerprint density at radius 3 is 2.68 bits per heavy atom. The van der Waals surface area contributed by atoms with Crippen LogP contribution in [0.4, 0.5) is 0 Å². The smallest absolute Gasteiger partial charge is 0.252 e. The van der Waals surface area contributed by atoms with E-state index in [1.54, 1.807) is 11.3 Å². The number of fused-ring (bicyclic) bond motifs is 2. The third kappa shape index (κ3) is 2.45. The lowest BCUT2D eigenvalue weighted by Crippen LogP contribution is -2.40. The molecular formula is C16H23NOS. The third-order valence-corrected chi connectivity index (χ3v) is 6.05. The van der Waals surface area contributed by atoms with Crippen molar-refractivity contribution in [2.45, 2.75) is 52.5 Å². The van der Waals surface area contributed by atoms with Crippen LogP contribution in [0.2, 0.25) is 0 Å². The van der Waals surface area contributed by atoms with Crippen LogP contribution in [-0.4, -0.2) is 11.9 Å². The molecule has 3 rings (SSSR count). The number of amides is 1. The summed E-state index contributed by atoms with van der Waals surface area (Å²) in [6.45, 7) is 6.29. The fraction of sp³-hybridized carbons (Fsp3) is 0.688. The predicted molar refractivity (Wildman–Crippen MR) is 79.7 cm³/mol. The Morgan fingerprint density at radius 1 is 1.37 bits per heavy atom. The highest BCUT2D eigenvalue weighted by Crippen LogP contribution is 2.49. The molecule has 3 heteroatoms. The van der Waals surface area contributed by atoms with Gasteiger partial charge in [-0.05, 0) is 63.9 Å². The quantitative estimate of drug-likeness (QED) is 0.891. The van der Waals surface area contributed by atoms with Crippen molar-refractivity contribution in [2.24, 2.45) is 17.8 Å². The Kier molecular flexibility index (Phi) is 3.42. The molecule has 104 valence electrons. The maximum absolute atomic E-state index is 12.3. The van der Waals surface area contributed by atoms with Crippen LogP contribution in [0.1, 0.15) is 52.7 Å². The number of rotatable bonds is 3. The van der Waals surface area contributed by atoms with Crippen molar-refractivity contribution in [1.82, 2.24) is 5.32 Å². The second kappa shape index (κ2) is 4.93. The van der Waals surface area contributed by atoms with Crippen LogP contribution in [0.5, 0.6) is 0 Å². The van der Waals surface area contributed by atoms with E-state index in [2.05, 4.69) is 19.2 Å². The molecule has 1 N–H and O–H groups in total.